The fourth-order valence-corrected chi connectivity index (χ4v) is 6.87. The number of amides is 8. The maximum Gasteiger partial charge on any atom is 0.325 e. The molecule has 23 nitrogen and oxygen atoms in total. The lowest BCUT2D eigenvalue weighted by atomic mass is 9.90. The maximum atomic E-state index is 14.6. The summed E-state index contributed by atoms with van der Waals surface area (Å²) in [6.07, 6.45) is -0.480. The van der Waals surface area contributed by atoms with Gasteiger partial charge in [0.1, 0.15) is 43.4 Å². The van der Waals surface area contributed by atoms with Gasteiger partial charge < -0.3 is 57.1 Å². The Morgan fingerprint density at radius 2 is 1.31 bits per heavy atom. The van der Waals surface area contributed by atoms with Crippen molar-refractivity contribution in [1.29, 1.82) is 0 Å². The van der Waals surface area contributed by atoms with E-state index in [2.05, 4.69) is 43.8 Å². The van der Waals surface area contributed by atoms with Gasteiger partial charge in [0.2, 0.25) is 35.3 Å². The van der Waals surface area contributed by atoms with Gasteiger partial charge in [0.15, 0.2) is 5.78 Å². The summed E-state index contributed by atoms with van der Waals surface area (Å²) in [6, 6.07) is -3.10. The Bertz CT molecular complexity index is 2010. The Hall–Kier alpha value is -7.20. The highest BCUT2D eigenvalue weighted by atomic mass is 16.5. The number of hydrogen-bond acceptors (Lipinski definition) is 13. The van der Waals surface area contributed by atoms with Crippen LogP contribution in [0.2, 0.25) is 0 Å². The first kappa shape index (κ1) is 55.9. The van der Waals surface area contributed by atoms with Gasteiger partial charge in [-0.2, -0.15) is 0 Å². The number of rotatable bonds is 29. The molecule has 0 spiro atoms. The number of esters is 1. The minimum atomic E-state index is -1.66. The van der Waals surface area contributed by atoms with Gasteiger partial charge in [-0.05, 0) is 36.7 Å². The number of urea groups is 1. The van der Waals surface area contributed by atoms with Crippen LogP contribution in [0.5, 0.6) is 0 Å². The third kappa shape index (κ3) is 18.0. The average Bonchev–Trinajstić information content (AvgIpc) is 3.59. The number of nitrogens with zero attached hydrogens (tertiary/aromatic N) is 1. The second kappa shape index (κ2) is 27.3. The normalized spacial score (nSPS) is 16.5. The van der Waals surface area contributed by atoms with Gasteiger partial charge in [-0.3, -0.25) is 52.7 Å². The summed E-state index contributed by atoms with van der Waals surface area (Å²) in [5.74, 6) is -12.7. The molecule has 1 aliphatic heterocycles. The number of carboxylic acids is 2. The molecule has 0 bridgehead atoms. The van der Waals surface area contributed by atoms with E-state index < -0.39 is 151 Å². The highest BCUT2D eigenvalue weighted by molar-refractivity contribution is 6.38. The highest BCUT2D eigenvalue weighted by Crippen LogP contribution is 2.22. The van der Waals surface area contributed by atoms with E-state index in [0.29, 0.717) is 5.56 Å². The molecular formula is C44H62N8O15. The molecule has 23 heteroatoms. The average molecular weight is 943 g/mol. The summed E-state index contributed by atoms with van der Waals surface area (Å²) < 4.78 is 4.80. The van der Waals surface area contributed by atoms with E-state index in [1.165, 1.54) is 6.08 Å². The second-order valence-electron chi connectivity index (χ2n) is 16.4. The molecule has 1 fully saturated rings. The molecule has 1 aromatic rings. The fourth-order valence-electron chi connectivity index (χ4n) is 6.87. The number of carboxylic acid groups (broad SMARTS) is 2. The molecule has 0 saturated carbocycles. The molecule has 7 atom stereocenters. The molecule has 0 aromatic heterocycles. The fraction of sp³-hybridized carbons (Fsp3) is 0.545. The number of benzene rings is 1. The number of aliphatic carboxylic acids is 2. The Balaban J connectivity index is 2.47. The van der Waals surface area contributed by atoms with Gasteiger partial charge in [-0.15, -0.1) is 0 Å². The zero-order valence-corrected chi connectivity index (χ0v) is 38.4. The van der Waals surface area contributed by atoms with Crippen LogP contribution in [0, 0.1) is 11.8 Å². The molecule has 1 aliphatic rings. The molecule has 8 amide bonds. The Morgan fingerprint density at radius 3 is 1.84 bits per heavy atom. The molecule has 2 unspecified atom stereocenters. The Kier molecular flexibility index (Phi) is 22.8. The summed E-state index contributed by atoms with van der Waals surface area (Å²) >= 11 is 0. The summed E-state index contributed by atoms with van der Waals surface area (Å²) in [7, 11) is 0. The number of ketones is 2. The minimum Gasteiger partial charge on any atom is -0.481 e. The number of carbonyl (C=O) groups is 12. The molecule has 2 rings (SSSR count). The van der Waals surface area contributed by atoms with Gasteiger partial charge in [0, 0.05) is 26.3 Å². The van der Waals surface area contributed by atoms with Gasteiger partial charge in [-0.25, -0.2) is 4.79 Å². The number of Topliss-reactive ketones (excluding diaryl/α,β-unsaturated/α-hetero) is 2. The van der Waals surface area contributed by atoms with E-state index in [0.717, 1.165) is 11.8 Å². The standard InChI is InChI=1S/C44H62N8O15/c1-8-13-27(37(59)43(65)45-21-32(58)67-20-9-2)47-42(64)36-35(51-44(66)52(36)22-26-14-11-10-12-15-26)38(60)33(23(3)4)49-41(63)34(24(5)6)50-40(62)29(17-19-31(56)57)48-39(61)28(46-25(7)53)16-18-30(54)55/h9-12,14-15,23-24,27-29,33-36H,2,8,13,16-22H2,1,3-7H3,(H,45,65)(H,46,53)(H,47,64)(H,48,61)(H,49,63)(H,50,62)(H,51,66)(H,54,55)(H,56,57)/t27?,28-,29-,33-,34-,35?,36+/m0/s1. The van der Waals surface area contributed by atoms with Crippen LogP contribution >= 0.6 is 0 Å². The minimum absolute atomic E-state index is 0.0568. The summed E-state index contributed by atoms with van der Waals surface area (Å²) in [5, 5.41) is 35.4. The zero-order valence-electron chi connectivity index (χ0n) is 38.4. The van der Waals surface area contributed by atoms with Crippen molar-refractivity contribution < 1.29 is 72.5 Å². The Labute approximate surface area is 387 Å². The smallest absolute Gasteiger partial charge is 0.325 e. The van der Waals surface area contributed by atoms with Gasteiger partial charge in [-0.1, -0.05) is 84.0 Å². The van der Waals surface area contributed by atoms with Crippen molar-refractivity contribution >= 4 is 70.9 Å². The van der Waals surface area contributed by atoms with Gasteiger partial charge in [0.05, 0.1) is 12.1 Å². The van der Waals surface area contributed by atoms with Crippen molar-refractivity contribution in [3.8, 4) is 0 Å². The molecule has 1 saturated heterocycles. The lowest BCUT2D eigenvalue weighted by molar-refractivity contribution is -0.145. The first-order chi connectivity index (χ1) is 31.5. The largest absolute Gasteiger partial charge is 0.481 e. The van der Waals surface area contributed by atoms with E-state index >= 15 is 0 Å². The van der Waals surface area contributed by atoms with E-state index in [1.807, 2.05) is 0 Å². The van der Waals surface area contributed by atoms with Crippen LogP contribution in [0.15, 0.2) is 43.0 Å². The van der Waals surface area contributed by atoms with Crippen molar-refractivity contribution in [2.75, 3.05) is 13.2 Å². The topological polar surface area (TPSA) is 342 Å². The molecular weight excluding hydrogens is 881 g/mol. The van der Waals surface area contributed by atoms with Crippen molar-refractivity contribution in [3.05, 3.63) is 48.6 Å². The van der Waals surface area contributed by atoms with Crippen LogP contribution in [0.4, 0.5) is 4.79 Å². The van der Waals surface area contributed by atoms with E-state index in [4.69, 9.17) is 9.84 Å². The van der Waals surface area contributed by atoms with Gasteiger partial charge in [0.25, 0.3) is 5.91 Å². The molecule has 368 valence electrons. The van der Waals surface area contributed by atoms with E-state index in [9.17, 15) is 62.6 Å². The monoisotopic (exact) mass is 942 g/mol. The summed E-state index contributed by atoms with van der Waals surface area (Å²) in [4.78, 5) is 157. The number of nitrogens with one attached hydrogen (secondary N) is 7. The SMILES string of the molecule is C=CCOC(=O)CNC(=O)C(=O)C(CCC)NC(=O)[C@H]1C(C(=O)[C@@H](NC(=O)[C@@H](NC(=O)[C@H](CCC(=O)O)NC(=O)[C@H](CCC(=O)O)NC(C)=O)C(C)C)C(C)C)NC(=O)N1Cc1ccccc1. The van der Waals surface area contributed by atoms with Gasteiger partial charge >= 0.3 is 23.9 Å². The highest BCUT2D eigenvalue weighted by Gasteiger charge is 2.50. The third-order valence-electron chi connectivity index (χ3n) is 10.3. The van der Waals surface area contributed by atoms with Crippen molar-refractivity contribution in [2.45, 2.75) is 129 Å². The maximum absolute atomic E-state index is 14.6. The Morgan fingerprint density at radius 1 is 0.761 bits per heavy atom. The predicted molar refractivity (Wildman–Crippen MR) is 236 cm³/mol. The van der Waals surface area contributed by atoms with E-state index in [-0.39, 0.29) is 32.4 Å². The van der Waals surface area contributed by atoms with Crippen molar-refractivity contribution in [1.82, 2.24) is 42.1 Å². The summed E-state index contributed by atoms with van der Waals surface area (Å²) in [5.41, 5.74) is 0.556. The van der Waals surface area contributed by atoms with Crippen LogP contribution in [0.25, 0.3) is 0 Å². The first-order valence-corrected chi connectivity index (χ1v) is 21.7. The van der Waals surface area contributed by atoms with Crippen LogP contribution in [0.3, 0.4) is 0 Å². The number of carbonyl (C=O) groups excluding carboxylic acids is 10. The lowest BCUT2D eigenvalue weighted by Gasteiger charge is -2.31. The molecule has 1 aromatic carbocycles. The van der Waals surface area contributed by atoms with Crippen LogP contribution in [-0.4, -0.2) is 142 Å². The molecule has 0 aliphatic carbocycles. The first-order valence-electron chi connectivity index (χ1n) is 21.7. The lowest BCUT2D eigenvalue weighted by Crippen LogP contribution is -2.62. The quantitative estimate of drug-likeness (QED) is 0.0270. The molecule has 9 N–H and O–H groups in total. The van der Waals surface area contributed by atoms with Crippen molar-refractivity contribution in [2.24, 2.45) is 11.8 Å². The molecule has 0 radical (unpaired) electrons. The number of hydrogen-bond donors (Lipinski definition) is 9. The summed E-state index contributed by atoms with van der Waals surface area (Å²) in [6.45, 7) is 11.4. The van der Waals surface area contributed by atoms with Crippen LogP contribution in [-0.2, 0) is 64.0 Å². The van der Waals surface area contributed by atoms with Crippen LogP contribution < -0.4 is 37.2 Å². The molecule has 1 heterocycles. The van der Waals surface area contributed by atoms with E-state index in [1.54, 1.807) is 65.0 Å². The van der Waals surface area contributed by atoms with Crippen molar-refractivity contribution in [3.63, 3.8) is 0 Å². The molecule has 67 heavy (non-hydrogen) atoms. The number of ether oxygens (including phenoxy) is 1. The predicted octanol–water partition coefficient (Wildman–Crippen LogP) is -0.782. The third-order valence-corrected chi connectivity index (χ3v) is 10.3. The second-order valence-corrected chi connectivity index (χ2v) is 16.4. The zero-order chi connectivity index (χ0) is 50.5. The van der Waals surface area contributed by atoms with Crippen LogP contribution in [0.1, 0.15) is 85.6 Å².